The molecular formula is C11H11ClFN5S. The molecular weight excluding hydrogens is 289 g/mol. The lowest BCUT2D eigenvalue weighted by Crippen LogP contribution is -2.10. The van der Waals surface area contributed by atoms with E-state index >= 15 is 0 Å². The minimum Gasteiger partial charge on any atom is -0.340 e. The first-order valence-electron chi connectivity index (χ1n) is 5.24. The Bertz CT molecular complexity index is 573. The van der Waals surface area contributed by atoms with Crippen molar-refractivity contribution >= 4 is 40.7 Å². The lowest BCUT2D eigenvalue weighted by Gasteiger charge is -2.09. The first-order valence-corrected chi connectivity index (χ1v) is 6.84. The van der Waals surface area contributed by atoms with Crippen molar-refractivity contribution in [2.75, 3.05) is 17.0 Å². The Kier molecular flexibility index (Phi) is 4.41. The second kappa shape index (κ2) is 6.05. The maximum atomic E-state index is 13.1. The van der Waals surface area contributed by atoms with Crippen LogP contribution in [0.3, 0.4) is 0 Å². The second-order valence-corrected chi connectivity index (χ2v) is 4.70. The summed E-state index contributed by atoms with van der Waals surface area (Å²) in [5.41, 5.74) is 3.08. The zero-order valence-electron chi connectivity index (χ0n) is 9.95. The molecule has 0 saturated heterocycles. The summed E-state index contributed by atoms with van der Waals surface area (Å²) >= 11 is 7.10. The Balaban J connectivity index is 2.29. The molecule has 0 bridgehead atoms. The van der Waals surface area contributed by atoms with Crippen LogP contribution in [0.15, 0.2) is 29.4 Å². The molecule has 0 aliphatic heterocycles. The van der Waals surface area contributed by atoms with Crippen molar-refractivity contribution in [1.29, 1.82) is 0 Å². The number of anilines is 3. The third kappa shape index (κ3) is 3.46. The van der Waals surface area contributed by atoms with E-state index in [1.807, 2.05) is 6.26 Å². The van der Waals surface area contributed by atoms with Crippen LogP contribution in [-0.2, 0) is 0 Å². The topological polar surface area (TPSA) is 75.9 Å². The van der Waals surface area contributed by atoms with Crippen LogP contribution < -0.4 is 16.6 Å². The Morgan fingerprint density at radius 1 is 1.26 bits per heavy atom. The normalized spacial score (nSPS) is 10.3. The molecule has 5 nitrogen and oxygen atoms in total. The van der Waals surface area contributed by atoms with E-state index in [0.717, 1.165) is 0 Å². The number of halogens is 2. The van der Waals surface area contributed by atoms with Crippen LogP contribution in [0.2, 0.25) is 5.02 Å². The number of nitrogens with one attached hydrogen (secondary N) is 2. The third-order valence-corrected chi connectivity index (χ3v) is 3.07. The Morgan fingerprint density at radius 3 is 2.63 bits per heavy atom. The summed E-state index contributed by atoms with van der Waals surface area (Å²) in [5, 5.41) is 3.61. The Morgan fingerprint density at radius 2 is 2.00 bits per heavy atom. The number of aromatic nitrogens is 2. The van der Waals surface area contributed by atoms with Gasteiger partial charge in [0.15, 0.2) is 5.16 Å². The molecule has 100 valence electrons. The molecule has 0 amide bonds. The molecule has 1 heterocycles. The van der Waals surface area contributed by atoms with Gasteiger partial charge in [-0.2, -0.15) is 0 Å². The van der Waals surface area contributed by atoms with Gasteiger partial charge in [0.2, 0.25) is 0 Å². The minimum atomic E-state index is -0.468. The van der Waals surface area contributed by atoms with Gasteiger partial charge in [0, 0.05) is 11.8 Å². The van der Waals surface area contributed by atoms with Gasteiger partial charge in [0.05, 0.1) is 5.02 Å². The summed E-state index contributed by atoms with van der Waals surface area (Å²) in [6.07, 6.45) is 1.86. The van der Waals surface area contributed by atoms with E-state index in [-0.39, 0.29) is 5.02 Å². The van der Waals surface area contributed by atoms with Gasteiger partial charge in [-0.25, -0.2) is 20.2 Å². The molecule has 0 atom stereocenters. The molecule has 8 heteroatoms. The number of rotatable bonds is 4. The van der Waals surface area contributed by atoms with E-state index in [0.29, 0.717) is 22.5 Å². The van der Waals surface area contributed by atoms with E-state index in [9.17, 15) is 4.39 Å². The monoisotopic (exact) mass is 299 g/mol. The van der Waals surface area contributed by atoms with Crippen molar-refractivity contribution in [3.05, 3.63) is 35.1 Å². The molecule has 4 N–H and O–H groups in total. The molecule has 2 rings (SSSR count). The van der Waals surface area contributed by atoms with Gasteiger partial charge in [-0.1, -0.05) is 23.4 Å². The molecule has 19 heavy (non-hydrogen) atoms. The number of hydrogen-bond donors (Lipinski definition) is 3. The average molecular weight is 300 g/mol. The molecule has 2 aromatic rings. The van der Waals surface area contributed by atoms with Crippen molar-refractivity contribution in [3.8, 4) is 0 Å². The van der Waals surface area contributed by atoms with Crippen LogP contribution in [0.5, 0.6) is 0 Å². The number of hydrogen-bond acceptors (Lipinski definition) is 6. The molecule has 0 fully saturated rings. The predicted molar refractivity (Wildman–Crippen MR) is 76.3 cm³/mol. The highest BCUT2D eigenvalue weighted by molar-refractivity contribution is 7.98. The van der Waals surface area contributed by atoms with Gasteiger partial charge in [-0.3, -0.25) is 0 Å². The van der Waals surface area contributed by atoms with Gasteiger partial charge in [-0.05, 0) is 24.5 Å². The predicted octanol–water partition coefficient (Wildman–Crippen LogP) is 3.02. The molecule has 0 aliphatic carbocycles. The Labute approximate surface area is 118 Å². The maximum Gasteiger partial charge on any atom is 0.191 e. The fourth-order valence-electron chi connectivity index (χ4n) is 1.38. The van der Waals surface area contributed by atoms with Gasteiger partial charge in [-0.15, -0.1) is 0 Å². The molecule has 1 aromatic carbocycles. The molecule has 1 aromatic heterocycles. The van der Waals surface area contributed by atoms with Crippen LogP contribution in [0.25, 0.3) is 0 Å². The zero-order chi connectivity index (χ0) is 13.8. The first-order chi connectivity index (χ1) is 9.12. The quantitative estimate of drug-likeness (QED) is 0.349. The lowest BCUT2D eigenvalue weighted by molar-refractivity contribution is 0.628. The van der Waals surface area contributed by atoms with Crippen molar-refractivity contribution in [3.63, 3.8) is 0 Å². The number of nitrogen functional groups attached to an aromatic ring is 1. The summed E-state index contributed by atoms with van der Waals surface area (Å²) < 4.78 is 13.1. The molecule has 0 saturated carbocycles. The number of thioether (sulfide) groups is 1. The SMILES string of the molecule is CSc1nc(NN)cc(Nc2ccc(F)c(Cl)c2)n1. The Hall–Kier alpha value is -1.57. The molecule has 0 aliphatic rings. The van der Waals surface area contributed by atoms with Crippen LogP contribution >= 0.6 is 23.4 Å². The van der Waals surface area contributed by atoms with Crippen LogP contribution in [0.1, 0.15) is 0 Å². The first kappa shape index (κ1) is 13.9. The fourth-order valence-corrected chi connectivity index (χ4v) is 1.94. The zero-order valence-corrected chi connectivity index (χ0v) is 11.5. The third-order valence-electron chi connectivity index (χ3n) is 2.23. The number of nitrogens with two attached hydrogens (primary N) is 1. The molecule has 0 unspecified atom stereocenters. The van der Waals surface area contributed by atoms with Gasteiger partial charge < -0.3 is 10.7 Å². The molecule has 0 radical (unpaired) electrons. The largest absolute Gasteiger partial charge is 0.340 e. The summed E-state index contributed by atoms with van der Waals surface area (Å²) in [6.45, 7) is 0. The van der Waals surface area contributed by atoms with Crippen molar-refractivity contribution in [2.45, 2.75) is 5.16 Å². The highest BCUT2D eigenvalue weighted by atomic mass is 35.5. The average Bonchev–Trinajstić information content (AvgIpc) is 2.42. The highest BCUT2D eigenvalue weighted by Gasteiger charge is 2.05. The number of nitrogens with zero attached hydrogens (tertiary/aromatic N) is 2. The second-order valence-electron chi connectivity index (χ2n) is 3.52. The highest BCUT2D eigenvalue weighted by Crippen LogP contribution is 2.24. The van der Waals surface area contributed by atoms with Crippen LogP contribution in [0, 0.1) is 5.82 Å². The van der Waals surface area contributed by atoms with E-state index in [2.05, 4.69) is 20.7 Å². The fraction of sp³-hybridized carbons (Fsp3) is 0.0909. The number of hydrazine groups is 1. The van der Waals surface area contributed by atoms with Gasteiger partial charge >= 0.3 is 0 Å². The standard InChI is InChI=1S/C11H11ClFN5S/c1-19-11-16-9(5-10(17-11)18-14)15-6-2-3-8(13)7(12)4-6/h2-5H,14H2,1H3,(H2,15,16,17,18). The van der Waals surface area contributed by atoms with Crippen LogP contribution in [-0.4, -0.2) is 16.2 Å². The number of benzene rings is 1. The van der Waals surface area contributed by atoms with Crippen molar-refractivity contribution < 1.29 is 4.39 Å². The molecule has 0 spiro atoms. The minimum absolute atomic E-state index is 0.0429. The van der Waals surface area contributed by atoms with E-state index in [1.165, 1.54) is 23.9 Å². The van der Waals surface area contributed by atoms with Crippen molar-refractivity contribution in [1.82, 2.24) is 9.97 Å². The summed E-state index contributed by atoms with van der Waals surface area (Å²) in [7, 11) is 0. The van der Waals surface area contributed by atoms with E-state index < -0.39 is 5.82 Å². The van der Waals surface area contributed by atoms with E-state index in [4.69, 9.17) is 17.4 Å². The summed E-state index contributed by atoms with van der Waals surface area (Å²) in [4.78, 5) is 8.39. The smallest absolute Gasteiger partial charge is 0.191 e. The van der Waals surface area contributed by atoms with Crippen molar-refractivity contribution in [2.24, 2.45) is 5.84 Å². The van der Waals surface area contributed by atoms with Gasteiger partial charge in [0.1, 0.15) is 17.5 Å². The summed E-state index contributed by atoms with van der Waals surface area (Å²) in [6, 6.07) is 5.96. The van der Waals surface area contributed by atoms with Gasteiger partial charge in [0.25, 0.3) is 0 Å². The maximum absolute atomic E-state index is 13.1. The van der Waals surface area contributed by atoms with E-state index in [1.54, 1.807) is 12.1 Å². The lowest BCUT2D eigenvalue weighted by atomic mass is 10.3. The summed E-state index contributed by atoms with van der Waals surface area (Å²) in [5.74, 6) is 5.88. The van der Waals surface area contributed by atoms with Crippen LogP contribution in [0.4, 0.5) is 21.7 Å².